The van der Waals surface area contributed by atoms with E-state index in [1.807, 2.05) is 20.8 Å². The summed E-state index contributed by atoms with van der Waals surface area (Å²) in [6, 6.07) is 5.70. The molecule has 10 heteroatoms. The maximum absolute atomic E-state index is 12.9. The second-order valence-corrected chi connectivity index (χ2v) is 11.4. The molecule has 0 saturated heterocycles. The molecule has 3 N–H and O–H groups in total. The first-order chi connectivity index (χ1) is 15.4. The van der Waals surface area contributed by atoms with Crippen LogP contribution >= 0.6 is 0 Å². The molecule has 33 heavy (non-hydrogen) atoms. The maximum atomic E-state index is 12.9. The average molecular weight is 479 g/mol. The number of ether oxygens (including phenoxy) is 1. The molecule has 0 bridgehead atoms. The number of carbonyl (C=O) groups excluding carboxylic acids is 2. The first-order valence-corrected chi connectivity index (χ1v) is 12.9. The van der Waals surface area contributed by atoms with Crippen molar-refractivity contribution in [3.05, 3.63) is 29.8 Å². The molecule has 1 atom stereocenters. The van der Waals surface area contributed by atoms with Crippen LogP contribution in [-0.2, 0) is 19.6 Å². The molecule has 1 aliphatic carbocycles. The number of amides is 2. The Morgan fingerprint density at radius 3 is 2.42 bits per heavy atom. The topological polar surface area (TPSA) is 126 Å². The van der Waals surface area contributed by atoms with Gasteiger partial charge in [0.25, 0.3) is 10.0 Å². The normalized spacial score (nSPS) is 21.3. The number of alkyl carbamates (subject to hydrolysis) is 1. The quantitative estimate of drug-likeness (QED) is 0.561. The van der Waals surface area contributed by atoms with Gasteiger partial charge in [-0.25, -0.2) is 13.2 Å². The third-order valence-electron chi connectivity index (χ3n) is 5.79. The molecule has 182 valence electrons. The zero-order valence-electron chi connectivity index (χ0n) is 19.7. The Labute approximate surface area is 195 Å². The van der Waals surface area contributed by atoms with Crippen molar-refractivity contribution in [2.45, 2.75) is 88.3 Å². The lowest BCUT2D eigenvalue weighted by Gasteiger charge is -2.35. The Bertz CT molecular complexity index is 1020. The van der Waals surface area contributed by atoms with E-state index in [-0.39, 0.29) is 23.2 Å². The number of aliphatic imine (C=N–C) groups is 1. The molecule has 0 spiro atoms. The first-order valence-electron chi connectivity index (χ1n) is 11.4. The molecule has 1 aromatic rings. The summed E-state index contributed by atoms with van der Waals surface area (Å²) in [6.45, 7) is 7.29. The molecule has 2 aliphatic rings. The minimum Gasteiger partial charge on any atom is -0.444 e. The molecule has 0 aromatic heterocycles. The van der Waals surface area contributed by atoms with Gasteiger partial charge in [-0.3, -0.25) is 14.5 Å². The number of nitrogens with zero attached hydrogens (tertiary/aromatic N) is 1. The number of hydrogen-bond acceptors (Lipinski definition) is 6. The summed E-state index contributed by atoms with van der Waals surface area (Å²) in [5, 5.41) is 5.93. The molecule has 1 heterocycles. The molecule has 1 aliphatic heterocycles. The maximum Gasteiger partial charge on any atom is 0.408 e. The number of benzene rings is 1. The fourth-order valence-corrected chi connectivity index (χ4v) is 5.40. The van der Waals surface area contributed by atoms with E-state index in [1.54, 1.807) is 25.1 Å². The fraction of sp³-hybridized carbons (Fsp3) is 0.609. The second kappa shape index (κ2) is 9.70. The minimum atomic E-state index is -3.67. The molecule has 3 rings (SSSR count). The lowest BCUT2D eigenvalue weighted by Crippen LogP contribution is -2.57. The highest BCUT2D eigenvalue weighted by molar-refractivity contribution is 7.90. The highest BCUT2D eigenvalue weighted by Gasteiger charge is 2.35. The molecule has 9 nitrogen and oxygen atoms in total. The molecule has 0 unspecified atom stereocenters. The molecule has 2 amide bonds. The standard InChI is InChI=1S/C23H34N4O5S/c1-16(25-19-17-11-7-8-12-18(17)33(30,31)27-19)20(28)24-15-23(13-9-5-6-10-14-23)26-21(29)32-22(2,3)4/h7-8,11-12,16H,5-6,9-10,13-15H2,1-4H3,(H,24,28)(H,25,27)(H,26,29)/t16-/m0/s1. The monoisotopic (exact) mass is 478 g/mol. The van der Waals surface area contributed by atoms with Crippen molar-refractivity contribution in [1.82, 2.24) is 15.4 Å². The Morgan fingerprint density at radius 1 is 1.15 bits per heavy atom. The molecule has 1 aromatic carbocycles. The minimum absolute atomic E-state index is 0.148. The van der Waals surface area contributed by atoms with Crippen LogP contribution in [0.5, 0.6) is 0 Å². The summed E-state index contributed by atoms with van der Waals surface area (Å²) in [6.07, 6.45) is 5.03. The second-order valence-electron chi connectivity index (χ2n) is 9.79. The summed E-state index contributed by atoms with van der Waals surface area (Å²) >= 11 is 0. The highest BCUT2D eigenvalue weighted by atomic mass is 32.2. The summed E-state index contributed by atoms with van der Waals surface area (Å²) < 4.78 is 32.4. The van der Waals surface area contributed by atoms with Crippen LogP contribution in [0.2, 0.25) is 0 Å². The predicted molar refractivity (Wildman–Crippen MR) is 126 cm³/mol. The fourth-order valence-electron chi connectivity index (χ4n) is 4.16. The Balaban J connectivity index is 1.70. The van der Waals surface area contributed by atoms with Gasteiger partial charge < -0.3 is 15.4 Å². The van der Waals surface area contributed by atoms with Crippen molar-refractivity contribution in [3.63, 3.8) is 0 Å². The van der Waals surface area contributed by atoms with Gasteiger partial charge >= 0.3 is 6.09 Å². The predicted octanol–water partition coefficient (Wildman–Crippen LogP) is 2.85. The lowest BCUT2D eigenvalue weighted by atomic mass is 9.90. The number of hydrogen-bond donors (Lipinski definition) is 3. The smallest absolute Gasteiger partial charge is 0.408 e. The number of carbonyl (C=O) groups is 2. The van der Waals surface area contributed by atoms with Gasteiger partial charge in [0, 0.05) is 12.1 Å². The summed E-state index contributed by atoms with van der Waals surface area (Å²) in [5.41, 5.74) is -0.763. The Hall–Kier alpha value is -2.62. The van der Waals surface area contributed by atoms with Crippen molar-refractivity contribution in [2.75, 3.05) is 6.54 Å². The van der Waals surface area contributed by atoms with Crippen molar-refractivity contribution in [3.8, 4) is 0 Å². The number of fused-ring (bicyclic) bond motifs is 1. The van der Waals surface area contributed by atoms with Crippen LogP contribution in [0.1, 0.15) is 71.8 Å². The Morgan fingerprint density at radius 2 is 1.79 bits per heavy atom. The van der Waals surface area contributed by atoms with Crippen molar-refractivity contribution in [1.29, 1.82) is 0 Å². The highest BCUT2D eigenvalue weighted by Crippen LogP contribution is 2.27. The third-order valence-corrected chi connectivity index (χ3v) is 7.19. The van der Waals surface area contributed by atoms with Crippen LogP contribution in [0, 0.1) is 0 Å². The van der Waals surface area contributed by atoms with Gasteiger partial charge in [0.2, 0.25) is 5.91 Å². The van der Waals surface area contributed by atoms with Gasteiger partial charge in [-0.15, -0.1) is 0 Å². The van der Waals surface area contributed by atoms with E-state index < -0.39 is 33.3 Å². The molecule has 1 saturated carbocycles. The number of nitrogens with one attached hydrogen (secondary N) is 3. The van der Waals surface area contributed by atoms with Crippen LogP contribution < -0.4 is 15.4 Å². The lowest BCUT2D eigenvalue weighted by molar-refractivity contribution is -0.122. The Kier molecular flexibility index (Phi) is 7.36. The van der Waals surface area contributed by atoms with Crippen LogP contribution in [0.4, 0.5) is 4.79 Å². The molecule has 0 radical (unpaired) electrons. The van der Waals surface area contributed by atoms with Crippen molar-refractivity contribution in [2.24, 2.45) is 4.99 Å². The van der Waals surface area contributed by atoms with E-state index in [4.69, 9.17) is 4.74 Å². The van der Waals surface area contributed by atoms with Crippen LogP contribution in [0.25, 0.3) is 0 Å². The largest absolute Gasteiger partial charge is 0.444 e. The zero-order valence-corrected chi connectivity index (χ0v) is 20.5. The van der Waals surface area contributed by atoms with Gasteiger partial charge in [-0.1, -0.05) is 37.8 Å². The van der Waals surface area contributed by atoms with E-state index in [0.29, 0.717) is 5.56 Å². The average Bonchev–Trinajstić information content (AvgIpc) is 2.85. The SMILES string of the molecule is C[C@H](N=C1NS(=O)(=O)c2ccccc21)C(=O)NCC1(NC(=O)OC(C)(C)C)CCCCCC1. The summed E-state index contributed by atoms with van der Waals surface area (Å²) in [5.74, 6) is -0.190. The summed E-state index contributed by atoms with van der Waals surface area (Å²) in [7, 11) is -3.67. The van der Waals surface area contributed by atoms with Crippen molar-refractivity contribution < 1.29 is 22.7 Å². The van der Waals surface area contributed by atoms with Gasteiger partial charge in [-0.2, -0.15) is 0 Å². The number of rotatable bonds is 5. The van der Waals surface area contributed by atoms with Gasteiger partial charge in [-0.05, 0) is 52.7 Å². The zero-order chi connectivity index (χ0) is 24.3. The van der Waals surface area contributed by atoms with Gasteiger partial charge in [0.15, 0.2) is 0 Å². The van der Waals surface area contributed by atoms with Crippen LogP contribution in [-0.4, -0.2) is 50.0 Å². The summed E-state index contributed by atoms with van der Waals surface area (Å²) in [4.78, 5) is 29.8. The molecule has 1 fully saturated rings. The van der Waals surface area contributed by atoms with Gasteiger partial charge in [0.1, 0.15) is 17.5 Å². The van der Waals surface area contributed by atoms with E-state index in [1.165, 1.54) is 6.07 Å². The van der Waals surface area contributed by atoms with E-state index in [2.05, 4.69) is 20.3 Å². The number of sulfonamides is 1. The van der Waals surface area contributed by atoms with Crippen LogP contribution in [0.3, 0.4) is 0 Å². The van der Waals surface area contributed by atoms with E-state index in [0.717, 1.165) is 38.5 Å². The molecular weight excluding hydrogens is 444 g/mol. The number of amidine groups is 1. The van der Waals surface area contributed by atoms with E-state index in [9.17, 15) is 18.0 Å². The first kappa shape index (κ1) is 25.0. The van der Waals surface area contributed by atoms with E-state index >= 15 is 0 Å². The van der Waals surface area contributed by atoms with Crippen LogP contribution in [0.15, 0.2) is 34.2 Å². The third kappa shape index (κ3) is 6.46. The van der Waals surface area contributed by atoms with Crippen molar-refractivity contribution >= 4 is 27.9 Å². The van der Waals surface area contributed by atoms with Gasteiger partial charge in [0.05, 0.1) is 10.4 Å². The molecular formula is C23H34N4O5S.